The molecule has 1 aliphatic heterocycles. The number of carbonyl (C=O) groups is 1. The third kappa shape index (κ3) is 6.18. The first-order valence-corrected chi connectivity index (χ1v) is 12.6. The monoisotopic (exact) mass is 585 g/mol. The van der Waals surface area contributed by atoms with Crippen LogP contribution < -0.4 is 19.8 Å². The molecule has 1 aliphatic rings. The Kier molecular flexibility index (Phi) is 8.24. The Bertz CT molecular complexity index is 1160. The fourth-order valence-electron chi connectivity index (χ4n) is 3.72. The highest BCUT2D eigenvalue weighted by molar-refractivity contribution is 9.10. The smallest absolute Gasteiger partial charge is 0.271 e. The van der Waals surface area contributed by atoms with Crippen molar-refractivity contribution in [1.29, 1.82) is 0 Å². The molecule has 1 saturated heterocycles. The minimum atomic E-state index is -0.260. The van der Waals surface area contributed by atoms with Gasteiger partial charge in [0, 0.05) is 28.8 Å². The molecule has 6 nitrogen and oxygen atoms in total. The van der Waals surface area contributed by atoms with Crippen LogP contribution in [0.5, 0.6) is 11.5 Å². The van der Waals surface area contributed by atoms with E-state index in [1.807, 2.05) is 60.7 Å². The molecule has 1 heterocycles. The molecule has 4 rings (SSSR count). The third-order valence-electron chi connectivity index (χ3n) is 5.53. The van der Waals surface area contributed by atoms with Crippen molar-refractivity contribution in [3.63, 3.8) is 0 Å². The van der Waals surface area contributed by atoms with Crippen LogP contribution in [-0.4, -0.2) is 32.3 Å². The van der Waals surface area contributed by atoms with Gasteiger partial charge >= 0.3 is 0 Å². The van der Waals surface area contributed by atoms with E-state index in [2.05, 4.69) is 47.3 Å². The predicted octanol–water partition coefficient (Wildman–Crippen LogP) is 6.16. The first kappa shape index (κ1) is 24.3. The molecule has 176 valence electrons. The Hall–Kier alpha value is -2.84. The average Bonchev–Trinajstić information content (AvgIpc) is 3.39. The van der Waals surface area contributed by atoms with Crippen molar-refractivity contribution in [2.75, 3.05) is 25.1 Å². The van der Waals surface area contributed by atoms with Crippen LogP contribution in [0.3, 0.4) is 0 Å². The molecule has 0 radical (unpaired) electrons. The van der Waals surface area contributed by atoms with Crippen molar-refractivity contribution in [3.8, 4) is 11.5 Å². The summed E-state index contributed by atoms with van der Waals surface area (Å²) in [4.78, 5) is 14.8. The molecular formula is C26H25Br2N3O3. The van der Waals surface area contributed by atoms with Gasteiger partial charge in [0.05, 0.1) is 17.8 Å². The number of ether oxygens (including phenoxy) is 2. The summed E-state index contributed by atoms with van der Waals surface area (Å²) in [5.41, 5.74) is 6.09. The molecule has 8 heteroatoms. The molecule has 34 heavy (non-hydrogen) atoms. The first-order chi connectivity index (χ1) is 16.5. The summed E-state index contributed by atoms with van der Waals surface area (Å²) in [6.07, 6.45) is 4.01. The van der Waals surface area contributed by atoms with Crippen molar-refractivity contribution >= 4 is 49.7 Å². The molecule has 0 aromatic heterocycles. The van der Waals surface area contributed by atoms with Crippen LogP contribution >= 0.6 is 31.9 Å². The highest BCUT2D eigenvalue weighted by atomic mass is 79.9. The van der Waals surface area contributed by atoms with Gasteiger partial charge in [0.2, 0.25) is 0 Å². The zero-order valence-electron chi connectivity index (χ0n) is 18.8. The Morgan fingerprint density at radius 3 is 2.44 bits per heavy atom. The van der Waals surface area contributed by atoms with Gasteiger partial charge in [0.25, 0.3) is 5.91 Å². The number of anilines is 1. The SMILES string of the molecule is COc1cc(/C=N\NC(=O)c2ccc(N3CCCC3)cc2)cc(Br)c1OCc1ccc(Br)cc1. The Balaban J connectivity index is 1.37. The van der Waals surface area contributed by atoms with E-state index in [-0.39, 0.29) is 5.91 Å². The van der Waals surface area contributed by atoms with Crippen LogP contribution in [0.2, 0.25) is 0 Å². The van der Waals surface area contributed by atoms with Crippen LogP contribution in [-0.2, 0) is 6.61 Å². The summed E-state index contributed by atoms with van der Waals surface area (Å²) >= 11 is 6.98. The van der Waals surface area contributed by atoms with Gasteiger partial charge in [-0.15, -0.1) is 0 Å². The van der Waals surface area contributed by atoms with Gasteiger partial charge in [-0.05, 0) is 88.4 Å². The standard InChI is InChI=1S/C26H25Br2N3O3/c1-33-24-15-19(14-23(28)25(24)34-17-18-4-8-21(27)9-5-18)16-29-30-26(32)20-6-10-22(11-7-20)31-12-2-3-13-31/h4-11,14-16H,2-3,12-13,17H2,1H3,(H,30,32)/b29-16-. The Labute approximate surface area is 216 Å². The zero-order valence-corrected chi connectivity index (χ0v) is 21.9. The van der Waals surface area contributed by atoms with E-state index in [4.69, 9.17) is 9.47 Å². The number of benzene rings is 3. The van der Waals surface area contributed by atoms with Gasteiger partial charge in [-0.3, -0.25) is 4.79 Å². The molecule has 0 unspecified atom stereocenters. The van der Waals surface area contributed by atoms with E-state index in [0.717, 1.165) is 38.8 Å². The number of carbonyl (C=O) groups excluding carboxylic acids is 1. The summed E-state index contributed by atoms with van der Waals surface area (Å²) in [5.74, 6) is 0.908. The molecule has 3 aromatic carbocycles. The van der Waals surface area contributed by atoms with Gasteiger partial charge in [0.1, 0.15) is 6.61 Å². The minimum absolute atomic E-state index is 0.260. The first-order valence-electron chi connectivity index (χ1n) is 11.0. The fourth-order valence-corrected chi connectivity index (χ4v) is 4.56. The zero-order chi connectivity index (χ0) is 23.9. The topological polar surface area (TPSA) is 63.2 Å². The molecule has 3 aromatic rings. The second-order valence-corrected chi connectivity index (χ2v) is 9.66. The lowest BCUT2D eigenvalue weighted by Crippen LogP contribution is -2.19. The van der Waals surface area contributed by atoms with Crippen molar-refractivity contribution in [2.45, 2.75) is 19.4 Å². The number of nitrogens with zero attached hydrogens (tertiary/aromatic N) is 2. The number of rotatable bonds is 8. The molecule has 1 fully saturated rings. The fraction of sp³-hybridized carbons (Fsp3) is 0.231. The number of hydrogen-bond donors (Lipinski definition) is 1. The number of hydrazone groups is 1. The van der Waals surface area contributed by atoms with E-state index in [1.54, 1.807) is 13.3 Å². The van der Waals surface area contributed by atoms with E-state index < -0.39 is 0 Å². The maximum absolute atomic E-state index is 12.5. The van der Waals surface area contributed by atoms with Crippen molar-refractivity contribution in [2.24, 2.45) is 5.10 Å². The van der Waals surface area contributed by atoms with Gasteiger partial charge in [-0.1, -0.05) is 28.1 Å². The Morgan fingerprint density at radius 1 is 1.06 bits per heavy atom. The van der Waals surface area contributed by atoms with Crippen LogP contribution in [0.1, 0.15) is 34.3 Å². The van der Waals surface area contributed by atoms with Gasteiger partial charge in [-0.25, -0.2) is 5.43 Å². The van der Waals surface area contributed by atoms with Gasteiger partial charge in [-0.2, -0.15) is 5.10 Å². The van der Waals surface area contributed by atoms with Crippen LogP contribution in [0.15, 0.2) is 74.7 Å². The van der Waals surface area contributed by atoms with Crippen molar-refractivity contribution < 1.29 is 14.3 Å². The van der Waals surface area contributed by atoms with Crippen LogP contribution in [0, 0.1) is 0 Å². The van der Waals surface area contributed by atoms with Gasteiger partial charge < -0.3 is 14.4 Å². The van der Waals surface area contributed by atoms with E-state index in [9.17, 15) is 4.79 Å². The maximum atomic E-state index is 12.5. The van der Waals surface area contributed by atoms with E-state index >= 15 is 0 Å². The molecule has 0 saturated carbocycles. The lowest BCUT2D eigenvalue weighted by molar-refractivity contribution is 0.0955. The van der Waals surface area contributed by atoms with Gasteiger partial charge in [0.15, 0.2) is 11.5 Å². The highest BCUT2D eigenvalue weighted by Gasteiger charge is 2.14. The maximum Gasteiger partial charge on any atom is 0.271 e. The summed E-state index contributed by atoms with van der Waals surface area (Å²) in [6.45, 7) is 2.55. The molecular weight excluding hydrogens is 562 g/mol. The quantitative estimate of drug-likeness (QED) is 0.253. The number of hydrogen-bond acceptors (Lipinski definition) is 5. The van der Waals surface area contributed by atoms with Crippen LogP contribution in [0.4, 0.5) is 5.69 Å². The molecule has 0 atom stereocenters. The molecule has 0 bridgehead atoms. The number of nitrogens with one attached hydrogen (secondary N) is 1. The molecule has 0 aliphatic carbocycles. The number of amides is 1. The second-order valence-electron chi connectivity index (χ2n) is 7.89. The largest absolute Gasteiger partial charge is 0.493 e. The summed E-state index contributed by atoms with van der Waals surface area (Å²) in [7, 11) is 1.59. The van der Waals surface area contributed by atoms with Crippen LogP contribution in [0.25, 0.3) is 0 Å². The van der Waals surface area contributed by atoms with Crippen molar-refractivity contribution in [3.05, 3.63) is 86.3 Å². The summed E-state index contributed by atoms with van der Waals surface area (Å²) < 4.78 is 13.2. The highest BCUT2D eigenvalue weighted by Crippen LogP contribution is 2.37. The average molecular weight is 587 g/mol. The normalized spacial score (nSPS) is 13.3. The van der Waals surface area contributed by atoms with Crippen molar-refractivity contribution in [1.82, 2.24) is 5.43 Å². The summed E-state index contributed by atoms with van der Waals surface area (Å²) in [5, 5.41) is 4.11. The Morgan fingerprint density at radius 2 is 1.76 bits per heavy atom. The summed E-state index contributed by atoms with van der Waals surface area (Å²) in [6, 6.07) is 19.2. The molecule has 1 amide bonds. The lowest BCUT2D eigenvalue weighted by Gasteiger charge is -2.17. The molecule has 0 spiro atoms. The van der Waals surface area contributed by atoms with E-state index in [1.165, 1.54) is 12.8 Å². The number of halogens is 2. The lowest BCUT2D eigenvalue weighted by atomic mass is 10.2. The number of methoxy groups -OCH3 is 1. The second kappa shape index (κ2) is 11.5. The predicted molar refractivity (Wildman–Crippen MR) is 142 cm³/mol. The van der Waals surface area contributed by atoms with E-state index in [0.29, 0.717) is 23.7 Å². The molecule has 1 N–H and O–H groups in total. The third-order valence-corrected chi connectivity index (χ3v) is 6.65. The minimum Gasteiger partial charge on any atom is -0.493 e.